The van der Waals surface area contributed by atoms with E-state index in [9.17, 15) is 39.8 Å². The number of phenols is 4. The van der Waals surface area contributed by atoms with Crippen molar-refractivity contribution in [2.45, 2.75) is 36.3 Å². The van der Waals surface area contributed by atoms with Crippen LogP contribution in [0.15, 0.2) is 88.7 Å². The van der Waals surface area contributed by atoms with Gasteiger partial charge in [0.2, 0.25) is 0 Å². The second-order valence-electron chi connectivity index (χ2n) is 10.3. The molecular weight excluding hydrogens is 819 g/mol. The third-order valence-electron chi connectivity index (χ3n) is 6.59. The molecule has 57 heavy (non-hydrogen) atoms. The monoisotopic (exact) mass is 869 g/mol. The average Bonchev–Trinajstić information content (AvgIpc) is 3.23. The van der Waals surface area contributed by atoms with Crippen molar-refractivity contribution >= 4 is 69.7 Å². The van der Waals surface area contributed by atoms with Gasteiger partial charge in [-0.3, -0.25) is 24.5 Å². The number of aromatic hydroxyl groups is 4. The molecule has 0 amide bonds. The highest BCUT2D eigenvalue weighted by Gasteiger charge is 2.19. The molecule has 18 heteroatoms. The molecular formula is C39H51NO13S4. The molecule has 314 valence electrons. The Labute approximate surface area is 349 Å². The molecule has 0 radical (unpaired) electrons. The number of carbonyl (C=O) groups excluding carboxylic acids is 3. The normalized spacial score (nSPS) is 11.2. The van der Waals surface area contributed by atoms with E-state index in [1.54, 1.807) is 76.4 Å². The summed E-state index contributed by atoms with van der Waals surface area (Å²) in [6.45, 7) is 1.57. The Morgan fingerprint density at radius 2 is 1.18 bits per heavy atom. The van der Waals surface area contributed by atoms with Gasteiger partial charge in [0, 0.05) is 35.8 Å². The van der Waals surface area contributed by atoms with Gasteiger partial charge in [-0.05, 0) is 68.2 Å². The van der Waals surface area contributed by atoms with Crippen LogP contribution < -0.4 is 0 Å². The molecule has 1 saturated heterocycles. The highest BCUT2D eigenvalue weighted by atomic mass is 33.1. The van der Waals surface area contributed by atoms with Gasteiger partial charge in [-0.15, -0.1) is 23.5 Å². The van der Waals surface area contributed by atoms with Crippen LogP contribution in [-0.2, 0) is 9.47 Å². The molecule has 0 unspecified atom stereocenters. The number of aldehydes is 3. The fraction of sp³-hybridized carbons (Fsp3) is 0.308. The topological polar surface area (TPSA) is 234 Å². The van der Waals surface area contributed by atoms with Crippen LogP contribution in [0.3, 0.4) is 0 Å². The summed E-state index contributed by atoms with van der Waals surface area (Å²) in [6, 6.07) is 20.9. The van der Waals surface area contributed by atoms with Gasteiger partial charge >= 0.3 is 0 Å². The molecule has 4 aromatic carbocycles. The van der Waals surface area contributed by atoms with Gasteiger partial charge in [0.1, 0.15) is 23.0 Å². The summed E-state index contributed by atoms with van der Waals surface area (Å²) in [6.07, 6.45) is 10.3. The van der Waals surface area contributed by atoms with Crippen molar-refractivity contribution in [3.63, 3.8) is 0 Å². The van der Waals surface area contributed by atoms with Crippen molar-refractivity contribution in [1.82, 2.24) is 0 Å². The van der Waals surface area contributed by atoms with Gasteiger partial charge in [-0.1, -0.05) is 65.4 Å². The molecule has 4 aromatic rings. The fourth-order valence-electron chi connectivity index (χ4n) is 3.78. The van der Waals surface area contributed by atoms with E-state index in [0.717, 1.165) is 29.1 Å². The minimum Gasteiger partial charge on any atom is -0.507 e. The number of nitro benzene ring substituents is 1. The van der Waals surface area contributed by atoms with E-state index >= 15 is 0 Å². The Morgan fingerprint density at radius 1 is 0.684 bits per heavy atom. The highest BCUT2D eigenvalue weighted by molar-refractivity contribution is 8.76. The average molecular weight is 870 g/mol. The number of benzene rings is 4. The second-order valence-corrected chi connectivity index (χ2v) is 14.6. The standard InChI is InChI=1S/C10H12O3.C8H7NO4S.C8H8O2S.C7H6O2.C3H8O2.C2H6S2.CH4/c11-9-5-2-1-4-8(9)10-12-6-3-7-13-10;1-14-7-3-6(9(12)13)2-5(4-10)8(7)11;1-11-7-4-2-3-6(5-9)8(7)10;8-5-6-3-1-2-4-7(6)9;4-2-1-3-5;1-3-4-2;/h1-2,4-5,10-11H,3,6-7H2;2-4,11H,1H3;2-5,10H,1H3;1-5,9H;4-5H,1-3H2;1-2H3;1H4. The number of para-hydroxylation sites is 3. The first-order chi connectivity index (χ1) is 26.9. The third-order valence-corrected chi connectivity index (χ3v) is 9.44. The maximum atomic E-state index is 10.5. The lowest BCUT2D eigenvalue weighted by molar-refractivity contribution is -0.385. The van der Waals surface area contributed by atoms with Gasteiger partial charge < -0.3 is 40.1 Å². The molecule has 0 aromatic heterocycles. The first-order valence-electron chi connectivity index (χ1n) is 16.3. The number of nitrogens with zero attached hydrogens (tertiary/aromatic N) is 1. The van der Waals surface area contributed by atoms with Crippen molar-refractivity contribution in [3.8, 4) is 23.0 Å². The lowest BCUT2D eigenvalue weighted by Crippen LogP contribution is -2.17. The number of carbonyl (C=O) groups is 3. The zero-order chi connectivity index (χ0) is 42.3. The van der Waals surface area contributed by atoms with E-state index in [2.05, 4.69) is 12.5 Å². The first-order valence-corrected chi connectivity index (χ1v) is 21.7. The fourth-order valence-corrected chi connectivity index (χ4v) is 4.85. The molecule has 1 heterocycles. The minimum atomic E-state index is -0.605. The summed E-state index contributed by atoms with van der Waals surface area (Å²) < 4.78 is 10.7. The second kappa shape index (κ2) is 33.8. The van der Waals surface area contributed by atoms with Crippen molar-refractivity contribution in [3.05, 3.63) is 111 Å². The number of ether oxygens (including phenoxy) is 2. The van der Waals surface area contributed by atoms with Gasteiger partial charge in [-0.2, -0.15) is 0 Å². The van der Waals surface area contributed by atoms with Gasteiger partial charge in [0.25, 0.3) is 5.69 Å². The molecule has 0 atom stereocenters. The quantitative estimate of drug-likeness (QED) is 0.0288. The Morgan fingerprint density at radius 3 is 1.60 bits per heavy atom. The van der Waals surface area contributed by atoms with E-state index < -0.39 is 11.2 Å². The Kier molecular flexibility index (Phi) is 32.5. The summed E-state index contributed by atoms with van der Waals surface area (Å²) in [5.74, 6) is 0.134. The maximum absolute atomic E-state index is 10.5. The molecule has 1 aliphatic rings. The lowest BCUT2D eigenvalue weighted by Gasteiger charge is -2.23. The number of phenolic OH excluding ortho intramolecular Hbond substituents is 4. The SMILES string of the molecule is C.CSSC.CSc1cc([N+](=O)[O-])cc(C=O)c1O.CSc1cccc(C=O)c1O.O=Cc1ccccc1O.OCCCO.Oc1ccccc1C1OCCCO1. The van der Waals surface area contributed by atoms with Crippen LogP contribution in [0.25, 0.3) is 0 Å². The molecule has 1 fully saturated rings. The number of aliphatic hydroxyl groups excluding tert-OH is 2. The molecule has 6 N–H and O–H groups in total. The van der Waals surface area contributed by atoms with Crippen LogP contribution in [0.5, 0.6) is 23.0 Å². The number of hydrogen-bond acceptors (Lipinski definition) is 17. The highest BCUT2D eigenvalue weighted by Crippen LogP contribution is 2.33. The summed E-state index contributed by atoms with van der Waals surface area (Å²) >= 11 is 2.56. The van der Waals surface area contributed by atoms with Gasteiger partial charge in [0.15, 0.2) is 25.1 Å². The van der Waals surface area contributed by atoms with Crippen LogP contribution in [0, 0.1) is 10.1 Å². The number of nitro groups is 1. The van der Waals surface area contributed by atoms with Crippen LogP contribution in [0.4, 0.5) is 5.69 Å². The van der Waals surface area contributed by atoms with E-state index in [-0.39, 0.29) is 54.9 Å². The van der Waals surface area contributed by atoms with Crippen LogP contribution in [0.1, 0.15) is 63.2 Å². The van der Waals surface area contributed by atoms with Crippen LogP contribution in [0.2, 0.25) is 0 Å². The molecule has 0 spiro atoms. The van der Waals surface area contributed by atoms with Crippen molar-refractivity contribution in [2.75, 3.05) is 51.5 Å². The van der Waals surface area contributed by atoms with E-state index in [1.807, 2.05) is 18.4 Å². The van der Waals surface area contributed by atoms with Crippen LogP contribution in [-0.4, -0.2) is 106 Å². The summed E-state index contributed by atoms with van der Waals surface area (Å²) in [4.78, 5) is 41.8. The number of thioether (sulfide) groups is 2. The zero-order valence-electron chi connectivity index (χ0n) is 31.2. The summed E-state index contributed by atoms with van der Waals surface area (Å²) in [5, 5.41) is 63.4. The first kappa shape index (κ1) is 54.8. The predicted octanol–water partition coefficient (Wildman–Crippen LogP) is 8.42. The van der Waals surface area contributed by atoms with E-state index in [4.69, 9.17) is 24.8 Å². The number of rotatable bonds is 10. The van der Waals surface area contributed by atoms with Crippen molar-refractivity contribution in [2.24, 2.45) is 0 Å². The number of hydrogen-bond donors (Lipinski definition) is 6. The van der Waals surface area contributed by atoms with Crippen LogP contribution >= 0.6 is 45.1 Å². The smallest absolute Gasteiger partial charge is 0.271 e. The Balaban J connectivity index is 0. The summed E-state index contributed by atoms with van der Waals surface area (Å²) in [7, 11) is 3.55. The van der Waals surface area contributed by atoms with Gasteiger partial charge in [-0.25, -0.2) is 0 Å². The minimum absolute atomic E-state index is 0. The van der Waals surface area contributed by atoms with Gasteiger partial charge in [0.05, 0.1) is 39.7 Å². The van der Waals surface area contributed by atoms with E-state index in [1.165, 1.54) is 23.9 Å². The zero-order valence-corrected chi connectivity index (χ0v) is 34.4. The molecule has 14 nitrogen and oxygen atoms in total. The Hall–Kier alpha value is -4.27. The Bertz CT molecular complexity index is 1740. The molecule has 0 aliphatic carbocycles. The maximum Gasteiger partial charge on any atom is 0.271 e. The predicted molar refractivity (Wildman–Crippen MR) is 231 cm³/mol. The number of non-ortho nitro benzene ring substituents is 1. The van der Waals surface area contributed by atoms with Crippen molar-refractivity contribution < 1.29 is 59.4 Å². The lowest BCUT2D eigenvalue weighted by atomic mass is 10.2. The van der Waals surface area contributed by atoms with E-state index in [0.29, 0.717) is 60.1 Å². The van der Waals surface area contributed by atoms with Crippen molar-refractivity contribution in [1.29, 1.82) is 0 Å². The third kappa shape index (κ3) is 21.7. The molecule has 5 rings (SSSR count). The molecule has 0 bridgehead atoms. The molecule has 0 saturated carbocycles. The summed E-state index contributed by atoms with van der Waals surface area (Å²) in [5.41, 5.74) is 1.12. The number of aliphatic hydroxyl groups is 2. The largest absolute Gasteiger partial charge is 0.507 e. The molecule has 1 aliphatic heterocycles.